The van der Waals surface area contributed by atoms with Gasteiger partial charge in [0.2, 0.25) is 5.91 Å². The summed E-state index contributed by atoms with van der Waals surface area (Å²) in [7, 11) is 0. The van der Waals surface area contributed by atoms with Gasteiger partial charge in [-0.3, -0.25) is 9.59 Å². The minimum Gasteiger partial charge on any atom is -0.310 e. The van der Waals surface area contributed by atoms with E-state index in [0.29, 0.717) is 11.4 Å². The molecule has 4 nitrogen and oxygen atoms in total. The molecule has 0 bridgehead atoms. The van der Waals surface area contributed by atoms with E-state index >= 15 is 0 Å². The van der Waals surface area contributed by atoms with E-state index in [0.717, 1.165) is 0 Å². The summed E-state index contributed by atoms with van der Waals surface area (Å²) in [4.78, 5) is 26.6. The minimum absolute atomic E-state index is 0.0406. The third kappa shape index (κ3) is 3.15. The molecule has 0 aliphatic heterocycles. The first-order valence-electron chi connectivity index (χ1n) is 5.09. The fourth-order valence-corrected chi connectivity index (χ4v) is 0.980. The van der Waals surface area contributed by atoms with Crippen molar-refractivity contribution in [3.8, 4) is 0 Å². The Morgan fingerprint density at radius 2 is 1.88 bits per heavy atom. The predicted molar refractivity (Wildman–Crippen MR) is 62.3 cm³/mol. The number of amides is 1. The van der Waals surface area contributed by atoms with Gasteiger partial charge in [0.05, 0.1) is 0 Å². The standard InChI is InChI=1S/C12H16N2O2/c1-8(15)9-5-6-10(13-7-9)14-11(16)12(2,3)4/h5-7H,1-4H3,(H,13,14,16). The number of carbonyl (C=O) groups is 2. The number of aromatic nitrogens is 1. The first kappa shape index (κ1) is 12.4. The van der Waals surface area contributed by atoms with Gasteiger partial charge in [-0.1, -0.05) is 20.8 Å². The number of pyridine rings is 1. The largest absolute Gasteiger partial charge is 0.310 e. The van der Waals surface area contributed by atoms with Crippen LogP contribution < -0.4 is 5.32 Å². The molecule has 0 unspecified atom stereocenters. The Hall–Kier alpha value is -1.71. The number of rotatable bonds is 2. The normalized spacial score (nSPS) is 11.0. The molecule has 0 aromatic carbocycles. The summed E-state index contributed by atoms with van der Waals surface area (Å²) < 4.78 is 0. The van der Waals surface area contributed by atoms with Crippen LogP contribution in [0.1, 0.15) is 38.1 Å². The summed E-state index contributed by atoms with van der Waals surface area (Å²) in [5.74, 6) is 0.321. The molecule has 0 saturated carbocycles. The molecule has 1 amide bonds. The summed E-state index contributed by atoms with van der Waals surface area (Å²) in [5, 5.41) is 2.69. The number of nitrogens with zero attached hydrogens (tertiary/aromatic N) is 1. The van der Waals surface area contributed by atoms with Crippen LogP contribution in [0.2, 0.25) is 0 Å². The van der Waals surface area contributed by atoms with Crippen LogP contribution in [0.15, 0.2) is 18.3 Å². The molecule has 1 N–H and O–H groups in total. The van der Waals surface area contributed by atoms with Gasteiger partial charge in [0.15, 0.2) is 5.78 Å². The molecule has 0 atom stereocenters. The average molecular weight is 220 g/mol. The van der Waals surface area contributed by atoms with Gasteiger partial charge in [0.1, 0.15) is 5.82 Å². The average Bonchev–Trinajstić information content (AvgIpc) is 2.17. The van der Waals surface area contributed by atoms with Gasteiger partial charge in [-0.15, -0.1) is 0 Å². The third-order valence-electron chi connectivity index (χ3n) is 2.09. The SMILES string of the molecule is CC(=O)c1ccc(NC(=O)C(C)(C)C)nc1. The van der Waals surface area contributed by atoms with Crippen LogP contribution in [-0.4, -0.2) is 16.7 Å². The fourth-order valence-electron chi connectivity index (χ4n) is 0.980. The molecule has 1 aromatic rings. The maximum atomic E-state index is 11.6. The molecule has 1 heterocycles. The van der Waals surface area contributed by atoms with Gasteiger partial charge in [0.25, 0.3) is 0 Å². The quantitative estimate of drug-likeness (QED) is 0.778. The van der Waals surface area contributed by atoms with E-state index in [1.54, 1.807) is 12.1 Å². The number of hydrogen-bond acceptors (Lipinski definition) is 3. The van der Waals surface area contributed by atoms with E-state index in [1.165, 1.54) is 13.1 Å². The lowest BCUT2D eigenvalue weighted by Crippen LogP contribution is -2.28. The highest BCUT2D eigenvalue weighted by Crippen LogP contribution is 2.16. The Morgan fingerprint density at radius 3 is 2.25 bits per heavy atom. The maximum Gasteiger partial charge on any atom is 0.230 e. The first-order valence-corrected chi connectivity index (χ1v) is 5.09. The van der Waals surface area contributed by atoms with Gasteiger partial charge in [-0.05, 0) is 19.1 Å². The highest BCUT2D eigenvalue weighted by molar-refractivity contribution is 5.95. The van der Waals surface area contributed by atoms with E-state index in [4.69, 9.17) is 0 Å². The van der Waals surface area contributed by atoms with Gasteiger partial charge < -0.3 is 5.32 Å². The number of ketones is 1. The van der Waals surface area contributed by atoms with Crippen molar-refractivity contribution in [2.75, 3.05) is 5.32 Å². The van der Waals surface area contributed by atoms with E-state index in [1.807, 2.05) is 20.8 Å². The van der Waals surface area contributed by atoms with Crippen LogP contribution in [0.5, 0.6) is 0 Å². The maximum absolute atomic E-state index is 11.6. The van der Waals surface area contributed by atoms with Crippen LogP contribution >= 0.6 is 0 Å². The van der Waals surface area contributed by atoms with Gasteiger partial charge in [0, 0.05) is 17.2 Å². The van der Waals surface area contributed by atoms with Crippen LogP contribution in [-0.2, 0) is 4.79 Å². The molecule has 0 aliphatic carbocycles. The molecular formula is C12H16N2O2. The lowest BCUT2D eigenvalue weighted by molar-refractivity contribution is -0.123. The molecule has 0 aliphatic rings. The second kappa shape index (κ2) is 4.43. The molecule has 0 saturated heterocycles. The first-order chi connectivity index (χ1) is 7.30. The van der Waals surface area contributed by atoms with Crippen LogP contribution in [0.4, 0.5) is 5.82 Å². The molecule has 1 aromatic heterocycles. The summed E-state index contributed by atoms with van der Waals surface area (Å²) in [6.07, 6.45) is 1.46. The van der Waals surface area contributed by atoms with Crippen molar-refractivity contribution < 1.29 is 9.59 Å². The Balaban J connectivity index is 2.77. The van der Waals surface area contributed by atoms with Crippen molar-refractivity contribution in [2.24, 2.45) is 5.41 Å². The number of carbonyl (C=O) groups excluding carboxylic acids is 2. The Bertz CT molecular complexity index is 402. The van der Waals surface area contributed by atoms with E-state index in [9.17, 15) is 9.59 Å². The summed E-state index contributed by atoms with van der Waals surface area (Å²) in [6.45, 7) is 6.95. The van der Waals surface area contributed by atoms with Crippen molar-refractivity contribution >= 4 is 17.5 Å². The van der Waals surface area contributed by atoms with E-state index < -0.39 is 5.41 Å². The van der Waals surface area contributed by atoms with Crippen LogP contribution in [0, 0.1) is 5.41 Å². The zero-order valence-corrected chi connectivity index (χ0v) is 10.00. The molecule has 16 heavy (non-hydrogen) atoms. The Labute approximate surface area is 95.1 Å². The summed E-state index contributed by atoms with van der Waals surface area (Å²) >= 11 is 0. The topological polar surface area (TPSA) is 59.1 Å². The smallest absolute Gasteiger partial charge is 0.230 e. The zero-order valence-electron chi connectivity index (χ0n) is 10.00. The molecule has 86 valence electrons. The van der Waals surface area contributed by atoms with Crippen molar-refractivity contribution in [1.29, 1.82) is 0 Å². The number of hydrogen-bond donors (Lipinski definition) is 1. The van der Waals surface area contributed by atoms with Gasteiger partial charge in [-0.25, -0.2) is 4.98 Å². The van der Waals surface area contributed by atoms with Gasteiger partial charge >= 0.3 is 0 Å². The van der Waals surface area contributed by atoms with Crippen molar-refractivity contribution in [3.05, 3.63) is 23.9 Å². The van der Waals surface area contributed by atoms with E-state index in [-0.39, 0.29) is 11.7 Å². The van der Waals surface area contributed by atoms with Crippen molar-refractivity contribution in [3.63, 3.8) is 0 Å². The van der Waals surface area contributed by atoms with Gasteiger partial charge in [-0.2, -0.15) is 0 Å². The van der Waals surface area contributed by atoms with Crippen molar-refractivity contribution in [1.82, 2.24) is 4.98 Å². The molecular weight excluding hydrogens is 204 g/mol. The summed E-state index contributed by atoms with van der Waals surface area (Å²) in [6, 6.07) is 3.27. The number of anilines is 1. The third-order valence-corrected chi connectivity index (χ3v) is 2.09. The molecule has 1 rings (SSSR count). The minimum atomic E-state index is -0.457. The van der Waals surface area contributed by atoms with Crippen LogP contribution in [0.3, 0.4) is 0 Å². The lowest BCUT2D eigenvalue weighted by atomic mass is 9.96. The Kier molecular flexibility index (Phi) is 3.42. The Morgan fingerprint density at radius 1 is 1.25 bits per heavy atom. The molecule has 0 radical (unpaired) electrons. The molecule has 0 fully saturated rings. The van der Waals surface area contributed by atoms with E-state index in [2.05, 4.69) is 10.3 Å². The highest BCUT2D eigenvalue weighted by Gasteiger charge is 2.21. The van der Waals surface area contributed by atoms with Crippen molar-refractivity contribution in [2.45, 2.75) is 27.7 Å². The molecule has 0 spiro atoms. The summed E-state index contributed by atoms with van der Waals surface area (Å²) in [5.41, 5.74) is 0.0785. The number of Topliss-reactive ketones (excluding diaryl/α,β-unsaturated/α-hetero) is 1. The number of nitrogens with one attached hydrogen (secondary N) is 1. The molecule has 4 heteroatoms. The van der Waals surface area contributed by atoms with Crippen LogP contribution in [0.25, 0.3) is 0 Å². The predicted octanol–water partition coefficient (Wildman–Crippen LogP) is 2.27. The lowest BCUT2D eigenvalue weighted by Gasteiger charge is -2.17. The second-order valence-electron chi connectivity index (χ2n) is 4.69. The zero-order chi connectivity index (χ0) is 12.3. The second-order valence-corrected chi connectivity index (χ2v) is 4.69. The highest BCUT2D eigenvalue weighted by atomic mass is 16.2. The monoisotopic (exact) mass is 220 g/mol. The fraction of sp³-hybridized carbons (Fsp3) is 0.417.